The molecule has 3 rings (SSSR count). The van der Waals surface area contributed by atoms with Gasteiger partial charge in [0.15, 0.2) is 0 Å². The average molecular weight is 355 g/mol. The Hall–Kier alpha value is -1.37. The lowest BCUT2D eigenvalue weighted by Gasteiger charge is -2.23. The van der Waals surface area contributed by atoms with Crippen molar-refractivity contribution in [1.82, 2.24) is 10.3 Å². The van der Waals surface area contributed by atoms with E-state index in [-0.39, 0.29) is 12.0 Å². The van der Waals surface area contributed by atoms with Crippen molar-refractivity contribution in [2.75, 3.05) is 33.0 Å². The Labute approximate surface area is 146 Å². The van der Waals surface area contributed by atoms with E-state index >= 15 is 0 Å². The lowest BCUT2D eigenvalue weighted by atomic mass is 10.0. The molecule has 2 aliphatic rings. The summed E-state index contributed by atoms with van der Waals surface area (Å²) in [6.45, 7) is 3.57. The molecule has 0 bridgehead atoms. The molecule has 0 unspecified atom stereocenters. The largest absolute Gasteiger partial charge is 0.473 e. The minimum Gasteiger partial charge on any atom is -0.473 e. The van der Waals surface area contributed by atoms with Gasteiger partial charge in [-0.3, -0.25) is 4.79 Å². The van der Waals surface area contributed by atoms with Crippen LogP contribution in [0.2, 0.25) is 5.02 Å². The van der Waals surface area contributed by atoms with Gasteiger partial charge in [-0.2, -0.15) is 0 Å². The van der Waals surface area contributed by atoms with Crippen molar-refractivity contribution in [3.05, 3.63) is 22.8 Å². The maximum Gasteiger partial charge on any atom is 0.252 e. The summed E-state index contributed by atoms with van der Waals surface area (Å²) < 4.78 is 16.4. The summed E-state index contributed by atoms with van der Waals surface area (Å²) in [5.41, 5.74) is 0.450. The number of carbonyl (C=O) groups excluding carboxylic acids is 1. The molecule has 0 aliphatic carbocycles. The van der Waals surface area contributed by atoms with Crippen molar-refractivity contribution in [2.24, 2.45) is 5.92 Å². The van der Waals surface area contributed by atoms with Gasteiger partial charge in [0.05, 0.1) is 18.8 Å². The number of carbonyl (C=O) groups is 1. The van der Waals surface area contributed by atoms with Gasteiger partial charge in [-0.05, 0) is 24.8 Å². The number of rotatable bonds is 5. The first-order chi connectivity index (χ1) is 11.7. The Morgan fingerprint density at radius 2 is 1.88 bits per heavy atom. The van der Waals surface area contributed by atoms with E-state index in [1.807, 2.05) is 0 Å². The summed E-state index contributed by atoms with van der Waals surface area (Å²) >= 11 is 6.23. The highest BCUT2D eigenvalue weighted by Crippen LogP contribution is 2.25. The van der Waals surface area contributed by atoms with Crippen molar-refractivity contribution in [3.8, 4) is 5.88 Å². The second kappa shape index (κ2) is 8.65. The zero-order valence-electron chi connectivity index (χ0n) is 13.6. The van der Waals surface area contributed by atoms with Crippen LogP contribution in [0.3, 0.4) is 0 Å². The van der Waals surface area contributed by atoms with Crippen molar-refractivity contribution in [3.63, 3.8) is 0 Å². The van der Waals surface area contributed by atoms with Gasteiger partial charge in [0.1, 0.15) is 11.1 Å². The molecule has 0 aromatic carbocycles. The smallest absolute Gasteiger partial charge is 0.252 e. The highest BCUT2D eigenvalue weighted by molar-refractivity contribution is 6.32. The first kappa shape index (κ1) is 17.5. The fourth-order valence-electron chi connectivity index (χ4n) is 2.88. The lowest BCUT2D eigenvalue weighted by Crippen LogP contribution is -2.32. The highest BCUT2D eigenvalue weighted by Gasteiger charge is 2.19. The predicted molar refractivity (Wildman–Crippen MR) is 89.6 cm³/mol. The minimum absolute atomic E-state index is 0.0666. The van der Waals surface area contributed by atoms with Crippen LogP contribution in [-0.2, 0) is 9.47 Å². The standard InChI is InChI=1S/C17H23ClN2O4/c18-15-9-13(16(21)19-10-12-1-5-22-6-2-12)11-20-17(15)24-14-3-7-23-8-4-14/h9,11-12,14H,1-8,10H2,(H,19,21). The summed E-state index contributed by atoms with van der Waals surface area (Å²) in [6, 6.07) is 1.61. The van der Waals surface area contributed by atoms with Crippen LogP contribution in [0, 0.1) is 5.92 Å². The van der Waals surface area contributed by atoms with Crippen molar-refractivity contribution in [1.29, 1.82) is 0 Å². The number of pyridine rings is 1. The molecule has 132 valence electrons. The molecule has 1 N–H and O–H groups in total. The first-order valence-electron chi connectivity index (χ1n) is 8.48. The lowest BCUT2D eigenvalue weighted by molar-refractivity contribution is 0.0238. The van der Waals surface area contributed by atoms with Gasteiger partial charge in [0.25, 0.3) is 5.91 Å². The van der Waals surface area contributed by atoms with Crippen LogP contribution in [0.1, 0.15) is 36.0 Å². The molecule has 1 aromatic heterocycles. The van der Waals surface area contributed by atoms with Crippen LogP contribution in [-0.4, -0.2) is 50.0 Å². The number of nitrogens with zero attached hydrogens (tertiary/aromatic N) is 1. The second-order valence-corrected chi connectivity index (χ2v) is 6.61. The average Bonchev–Trinajstić information content (AvgIpc) is 2.63. The van der Waals surface area contributed by atoms with E-state index < -0.39 is 0 Å². The van der Waals surface area contributed by atoms with Crippen LogP contribution < -0.4 is 10.1 Å². The maximum absolute atomic E-state index is 12.2. The van der Waals surface area contributed by atoms with Crippen LogP contribution in [0.25, 0.3) is 0 Å². The molecule has 0 saturated carbocycles. The van der Waals surface area contributed by atoms with E-state index in [4.69, 9.17) is 25.8 Å². The number of aromatic nitrogens is 1. The molecule has 2 aliphatic heterocycles. The monoisotopic (exact) mass is 354 g/mol. The van der Waals surface area contributed by atoms with E-state index in [0.717, 1.165) is 38.9 Å². The molecular weight excluding hydrogens is 332 g/mol. The van der Waals surface area contributed by atoms with Crippen molar-refractivity contribution >= 4 is 17.5 Å². The van der Waals surface area contributed by atoms with Gasteiger partial charge in [-0.1, -0.05) is 11.6 Å². The molecule has 3 heterocycles. The third-order valence-corrected chi connectivity index (χ3v) is 4.68. The molecule has 2 saturated heterocycles. The minimum atomic E-state index is -0.159. The maximum atomic E-state index is 12.2. The number of ether oxygens (including phenoxy) is 3. The molecule has 6 nitrogen and oxygen atoms in total. The zero-order chi connectivity index (χ0) is 16.8. The fraction of sp³-hybridized carbons (Fsp3) is 0.647. The Bertz CT molecular complexity index is 558. The van der Waals surface area contributed by atoms with Crippen LogP contribution in [0.5, 0.6) is 5.88 Å². The molecule has 0 spiro atoms. The summed E-state index contributed by atoms with van der Waals surface area (Å²) in [7, 11) is 0. The SMILES string of the molecule is O=C(NCC1CCOCC1)c1cnc(OC2CCOCC2)c(Cl)c1. The van der Waals surface area contributed by atoms with E-state index in [1.54, 1.807) is 6.07 Å². The molecule has 0 atom stereocenters. The first-order valence-corrected chi connectivity index (χ1v) is 8.86. The van der Waals surface area contributed by atoms with Crippen LogP contribution >= 0.6 is 11.6 Å². The number of hydrogen-bond donors (Lipinski definition) is 1. The van der Waals surface area contributed by atoms with Gasteiger partial charge in [0, 0.05) is 38.8 Å². The fourth-order valence-corrected chi connectivity index (χ4v) is 3.09. The van der Waals surface area contributed by atoms with Crippen molar-refractivity contribution in [2.45, 2.75) is 31.8 Å². The Morgan fingerprint density at radius 3 is 2.54 bits per heavy atom. The summed E-state index contributed by atoms with van der Waals surface area (Å²) in [5.74, 6) is 0.695. The number of hydrogen-bond acceptors (Lipinski definition) is 5. The number of amides is 1. The third kappa shape index (κ3) is 4.82. The second-order valence-electron chi connectivity index (χ2n) is 6.21. The number of halogens is 1. The van der Waals surface area contributed by atoms with Gasteiger partial charge >= 0.3 is 0 Å². The Morgan fingerprint density at radius 1 is 1.21 bits per heavy atom. The Kier molecular flexibility index (Phi) is 6.29. The number of nitrogens with one attached hydrogen (secondary N) is 1. The topological polar surface area (TPSA) is 69.7 Å². The van der Waals surface area contributed by atoms with E-state index in [0.29, 0.717) is 42.1 Å². The van der Waals surface area contributed by atoms with Gasteiger partial charge < -0.3 is 19.5 Å². The molecule has 1 amide bonds. The Balaban J connectivity index is 1.53. The summed E-state index contributed by atoms with van der Waals surface area (Å²) in [6.07, 6.45) is 5.20. The molecule has 24 heavy (non-hydrogen) atoms. The third-order valence-electron chi connectivity index (χ3n) is 4.41. The van der Waals surface area contributed by atoms with Crippen LogP contribution in [0.15, 0.2) is 12.3 Å². The van der Waals surface area contributed by atoms with E-state index in [9.17, 15) is 4.79 Å². The molecular formula is C17H23ClN2O4. The van der Waals surface area contributed by atoms with E-state index in [1.165, 1.54) is 6.20 Å². The highest BCUT2D eigenvalue weighted by atomic mass is 35.5. The molecule has 7 heteroatoms. The molecule has 1 aromatic rings. The molecule has 0 radical (unpaired) electrons. The quantitative estimate of drug-likeness (QED) is 0.879. The van der Waals surface area contributed by atoms with Gasteiger partial charge in [-0.15, -0.1) is 0 Å². The predicted octanol–water partition coefficient (Wildman–Crippen LogP) is 2.45. The van der Waals surface area contributed by atoms with Gasteiger partial charge in [-0.25, -0.2) is 4.98 Å². The summed E-state index contributed by atoms with van der Waals surface area (Å²) in [5, 5.41) is 3.31. The zero-order valence-corrected chi connectivity index (χ0v) is 14.4. The summed E-state index contributed by atoms with van der Waals surface area (Å²) in [4.78, 5) is 16.5. The van der Waals surface area contributed by atoms with E-state index in [2.05, 4.69) is 10.3 Å². The van der Waals surface area contributed by atoms with Gasteiger partial charge in [0.2, 0.25) is 5.88 Å². The van der Waals surface area contributed by atoms with Crippen LogP contribution in [0.4, 0.5) is 0 Å². The molecule has 2 fully saturated rings. The normalized spacial score (nSPS) is 19.9. The van der Waals surface area contributed by atoms with Crippen molar-refractivity contribution < 1.29 is 19.0 Å².